The Bertz CT molecular complexity index is 1150. The monoisotopic (exact) mass is 1010 g/mol. The first-order valence-corrected chi connectivity index (χ1v) is 32.5. The van der Waals surface area contributed by atoms with Crippen LogP contribution in [-0.2, 0) is 18.4 Å². The lowest BCUT2D eigenvalue weighted by Crippen LogP contribution is -2.46. The summed E-state index contributed by atoms with van der Waals surface area (Å²) in [6.07, 6.45) is 65.8. The van der Waals surface area contributed by atoms with E-state index in [4.69, 9.17) is 9.05 Å². The Kier molecular flexibility index (Phi) is 52.5. The second-order valence-electron chi connectivity index (χ2n) is 22.8. The molecular formula is C61H124N2O6P+. The molecule has 3 unspecified atom stereocenters. The number of hydrogen-bond donors (Lipinski definition) is 3. The number of nitrogens with one attached hydrogen (secondary N) is 1. The summed E-state index contributed by atoms with van der Waals surface area (Å²) < 4.78 is 23.8. The van der Waals surface area contributed by atoms with Gasteiger partial charge in [0.25, 0.3) is 0 Å². The summed E-state index contributed by atoms with van der Waals surface area (Å²) in [4.78, 5) is 23.3. The highest BCUT2D eigenvalue weighted by molar-refractivity contribution is 7.47. The van der Waals surface area contributed by atoms with E-state index in [1.54, 1.807) is 0 Å². The number of hydrogen-bond acceptors (Lipinski definition) is 5. The third-order valence-corrected chi connectivity index (χ3v) is 15.5. The molecule has 0 heterocycles. The van der Waals surface area contributed by atoms with Crippen molar-refractivity contribution >= 4 is 13.7 Å². The number of allylic oxidation sites excluding steroid dienone is 2. The maximum Gasteiger partial charge on any atom is 0.472 e. The number of phosphoric acid groups is 1. The lowest BCUT2D eigenvalue weighted by molar-refractivity contribution is -0.870. The van der Waals surface area contributed by atoms with Gasteiger partial charge in [0.1, 0.15) is 13.2 Å². The van der Waals surface area contributed by atoms with Crippen LogP contribution in [0.1, 0.15) is 322 Å². The molecule has 0 aromatic carbocycles. The molecule has 0 saturated carbocycles. The molecule has 3 atom stereocenters. The van der Waals surface area contributed by atoms with Gasteiger partial charge in [0.05, 0.1) is 39.9 Å². The van der Waals surface area contributed by atoms with E-state index in [2.05, 4.69) is 31.3 Å². The van der Waals surface area contributed by atoms with E-state index in [1.807, 2.05) is 21.1 Å². The van der Waals surface area contributed by atoms with Gasteiger partial charge in [0.2, 0.25) is 5.91 Å². The van der Waals surface area contributed by atoms with Crippen LogP contribution in [0.3, 0.4) is 0 Å². The number of aliphatic hydroxyl groups excluding tert-OH is 1. The third kappa shape index (κ3) is 55.0. The number of unbranched alkanes of at least 4 members (excludes halogenated alkanes) is 43. The van der Waals surface area contributed by atoms with Crippen molar-refractivity contribution in [3.63, 3.8) is 0 Å². The average Bonchev–Trinajstić information content (AvgIpc) is 3.32. The molecule has 0 saturated heterocycles. The topological polar surface area (TPSA) is 105 Å². The Morgan fingerprint density at radius 3 is 1.10 bits per heavy atom. The van der Waals surface area contributed by atoms with E-state index < -0.39 is 20.0 Å². The van der Waals surface area contributed by atoms with E-state index in [9.17, 15) is 19.4 Å². The average molecular weight is 1010 g/mol. The van der Waals surface area contributed by atoms with Gasteiger partial charge < -0.3 is 19.8 Å². The third-order valence-electron chi connectivity index (χ3n) is 14.5. The molecule has 0 aliphatic rings. The van der Waals surface area contributed by atoms with Gasteiger partial charge in [-0.25, -0.2) is 4.57 Å². The first-order valence-electron chi connectivity index (χ1n) is 31.1. The van der Waals surface area contributed by atoms with E-state index in [1.165, 1.54) is 257 Å². The smallest absolute Gasteiger partial charge is 0.391 e. The van der Waals surface area contributed by atoms with E-state index in [-0.39, 0.29) is 19.1 Å². The Hall–Kier alpha value is -0.760. The highest BCUT2D eigenvalue weighted by Crippen LogP contribution is 2.43. The van der Waals surface area contributed by atoms with Crippen LogP contribution in [0.25, 0.3) is 0 Å². The summed E-state index contributed by atoms with van der Waals surface area (Å²) in [5.41, 5.74) is 0. The first kappa shape index (κ1) is 69.2. The molecular weight excluding hydrogens is 888 g/mol. The van der Waals surface area contributed by atoms with Crippen LogP contribution in [0.15, 0.2) is 12.2 Å². The van der Waals surface area contributed by atoms with Gasteiger partial charge in [-0.3, -0.25) is 13.8 Å². The summed E-state index contributed by atoms with van der Waals surface area (Å²) in [7, 11) is 1.63. The zero-order valence-electron chi connectivity index (χ0n) is 47.8. The molecule has 8 nitrogen and oxygen atoms in total. The van der Waals surface area contributed by atoms with Crippen LogP contribution in [0.4, 0.5) is 0 Å². The largest absolute Gasteiger partial charge is 0.472 e. The zero-order valence-corrected chi connectivity index (χ0v) is 48.7. The molecule has 9 heteroatoms. The van der Waals surface area contributed by atoms with Crippen LogP contribution in [0, 0.1) is 0 Å². The Labute approximate surface area is 437 Å². The minimum absolute atomic E-state index is 0.0781. The minimum Gasteiger partial charge on any atom is -0.391 e. The van der Waals surface area contributed by atoms with Gasteiger partial charge in [-0.1, -0.05) is 289 Å². The van der Waals surface area contributed by atoms with Crippen molar-refractivity contribution < 1.29 is 32.9 Å². The zero-order chi connectivity index (χ0) is 51.3. The predicted molar refractivity (Wildman–Crippen MR) is 305 cm³/mol. The summed E-state index contributed by atoms with van der Waals surface area (Å²) >= 11 is 0. The molecule has 0 radical (unpaired) electrons. The van der Waals surface area contributed by atoms with Crippen molar-refractivity contribution in [1.82, 2.24) is 5.32 Å². The van der Waals surface area contributed by atoms with Gasteiger partial charge in [0.15, 0.2) is 0 Å². The number of amides is 1. The SMILES string of the molecule is CCCCCCCCCC/C=C\CCCCCCCCCCCCCCCCCCCCCCCC(=O)NC(COP(=O)(O)OCC[N+](C)(C)C)C(O)CCCCCCCCCCCCCCCCC. The summed E-state index contributed by atoms with van der Waals surface area (Å²) in [5.74, 6) is -0.137. The maximum absolute atomic E-state index is 13.0. The quantitative estimate of drug-likeness (QED) is 0.0243. The lowest BCUT2D eigenvalue weighted by atomic mass is 10.0. The molecule has 0 bridgehead atoms. The predicted octanol–water partition coefficient (Wildman–Crippen LogP) is 19.0. The Morgan fingerprint density at radius 1 is 0.471 bits per heavy atom. The molecule has 0 spiro atoms. The number of rotatable bonds is 58. The van der Waals surface area contributed by atoms with Gasteiger partial charge in [0, 0.05) is 6.42 Å². The number of carbonyl (C=O) groups is 1. The standard InChI is InChI=1S/C61H123N2O6P/c1-6-8-10-12-14-16-18-20-22-23-24-25-26-27-28-29-30-31-32-33-34-35-36-37-38-39-41-43-45-47-49-51-53-55-61(65)62-59(58-69-70(66,67)68-57-56-63(3,4)5)60(64)54-52-50-48-46-44-42-40-21-19-17-15-13-11-9-7-2/h23-24,59-60,64H,6-22,25-58H2,1-5H3,(H-,62,65,66,67)/p+1/b24-23-. The fraction of sp³-hybridized carbons (Fsp3) is 0.951. The molecule has 0 aliphatic heterocycles. The van der Waals surface area contributed by atoms with E-state index in [0.29, 0.717) is 23.9 Å². The minimum atomic E-state index is -4.32. The number of likely N-dealkylation sites (N-methyl/N-ethyl adjacent to an activating group) is 1. The van der Waals surface area contributed by atoms with Crippen molar-refractivity contribution in [3.8, 4) is 0 Å². The lowest BCUT2D eigenvalue weighted by Gasteiger charge is -2.26. The normalized spacial score (nSPS) is 13.9. The van der Waals surface area contributed by atoms with Gasteiger partial charge in [-0.15, -0.1) is 0 Å². The molecule has 0 aromatic rings. The van der Waals surface area contributed by atoms with Crippen molar-refractivity contribution in [2.45, 2.75) is 334 Å². The molecule has 1 amide bonds. The van der Waals surface area contributed by atoms with Gasteiger partial charge >= 0.3 is 7.82 Å². The van der Waals surface area contributed by atoms with E-state index >= 15 is 0 Å². The Balaban J connectivity index is 3.95. The number of quaternary nitrogens is 1. The molecule has 0 aliphatic carbocycles. The molecule has 0 rings (SSSR count). The van der Waals surface area contributed by atoms with Crippen molar-refractivity contribution in [2.24, 2.45) is 0 Å². The van der Waals surface area contributed by atoms with Crippen molar-refractivity contribution in [3.05, 3.63) is 12.2 Å². The van der Waals surface area contributed by atoms with Crippen molar-refractivity contribution in [2.75, 3.05) is 40.9 Å². The maximum atomic E-state index is 13.0. The number of aliphatic hydroxyl groups is 1. The van der Waals surface area contributed by atoms with Crippen LogP contribution >= 0.6 is 7.82 Å². The van der Waals surface area contributed by atoms with E-state index in [0.717, 1.165) is 38.5 Å². The van der Waals surface area contributed by atoms with Crippen LogP contribution < -0.4 is 5.32 Å². The highest BCUT2D eigenvalue weighted by Gasteiger charge is 2.28. The molecule has 418 valence electrons. The van der Waals surface area contributed by atoms with Crippen molar-refractivity contribution in [1.29, 1.82) is 0 Å². The fourth-order valence-corrected chi connectivity index (χ4v) is 10.4. The first-order chi connectivity index (χ1) is 34.0. The number of phosphoric ester groups is 1. The highest BCUT2D eigenvalue weighted by atomic mass is 31.2. The summed E-state index contributed by atoms with van der Waals surface area (Å²) in [6.45, 7) is 4.93. The number of nitrogens with zero attached hydrogens (tertiary/aromatic N) is 1. The second kappa shape index (κ2) is 53.1. The molecule has 3 N–H and O–H groups in total. The van der Waals surface area contributed by atoms with Gasteiger partial charge in [-0.05, 0) is 38.5 Å². The summed E-state index contributed by atoms with van der Waals surface area (Å²) in [6, 6.07) is -0.756. The fourth-order valence-electron chi connectivity index (χ4n) is 9.63. The second-order valence-corrected chi connectivity index (χ2v) is 24.2. The van der Waals surface area contributed by atoms with Crippen LogP contribution in [0.5, 0.6) is 0 Å². The van der Waals surface area contributed by atoms with Crippen LogP contribution in [-0.4, -0.2) is 73.4 Å². The Morgan fingerprint density at radius 2 is 0.771 bits per heavy atom. The molecule has 0 aromatic heterocycles. The number of carbonyl (C=O) groups excluding carboxylic acids is 1. The molecule has 0 fully saturated rings. The summed E-state index contributed by atoms with van der Waals surface area (Å²) in [5, 5.41) is 14.1. The molecule has 70 heavy (non-hydrogen) atoms. The van der Waals surface area contributed by atoms with Crippen LogP contribution in [0.2, 0.25) is 0 Å². The van der Waals surface area contributed by atoms with Gasteiger partial charge in [-0.2, -0.15) is 0 Å².